The molecule has 2 N–H and O–H groups in total. The van der Waals surface area contributed by atoms with E-state index in [0.717, 1.165) is 12.0 Å². The Bertz CT molecular complexity index is 510. The van der Waals surface area contributed by atoms with Gasteiger partial charge in [0.1, 0.15) is 5.82 Å². The summed E-state index contributed by atoms with van der Waals surface area (Å²) in [6, 6.07) is 4.32. The summed E-state index contributed by atoms with van der Waals surface area (Å²) in [5.41, 5.74) is 7.24. The van der Waals surface area contributed by atoms with E-state index in [2.05, 4.69) is 5.10 Å². The van der Waals surface area contributed by atoms with E-state index in [1.165, 1.54) is 12.1 Å². The van der Waals surface area contributed by atoms with E-state index in [9.17, 15) is 4.39 Å². The van der Waals surface area contributed by atoms with Crippen molar-refractivity contribution in [1.29, 1.82) is 0 Å². The quantitative estimate of drug-likeness (QED) is 0.908. The summed E-state index contributed by atoms with van der Waals surface area (Å²) in [6.07, 6.45) is 4.45. The van der Waals surface area contributed by atoms with Crippen LogP contribution in [0.15, 0.2) is 30.6 Å². The van der Waals surface area contributed by atoms with Gasteiger partial charge in [0.2, 0.25) is 0 Å². The van der Waals surface area contributed by atoms with Crippen molar-refractivity contribution >= 4 is 11.6 Å². The molecule has 2 aromatic rings. The van der Waals surface area contributed by atoms with Crippen LogP contribution >= 0.6 is 11.6 Å². The molecule has 1 heterocycles. The molecule has 0 bridgehead atoms. The second-order valence-corrected chi connectivity index (χ2v) is 4.23. The van der Waals surface area contributed by atoms with Crippen LogP contribution in [0.2, 0.25) is 5.02 Å². The highest BCUT2D eigenvalue weighted by atomic mass is 35.5. The Hall–Kier alpha value is -1.39. The fourth-order valence-electron chi connectivity index (χ4n) is 1.63. The number of nitrogens with two attached hydrogens (primary N) is 1. The van der Waals surface area contributed by atoms with Gasteiger partial charge in [0.05, 0.1) is 12.7 Å². The lowest BCUT2D eigenvalue weighted by molar-refractivity contribution is 0.619. The minimum Gasteiger partial charge on any atom is -0.330 e. The Morgan fingerprint density at radius 3 is 3.00 bits per heavy atom. The molecule has 0 saturated heterocycles. The lowest BCUT2D eigenvalue weighted by Crippen LogP contribution is -2.03. The van der Waals surface area contributed by atoms with Gasteiger partial charge < -0.3 is 5.73 Å². The minimum atomic E-state index is -0.293. The standard InChI is InChI=1S/C12H13ClFN3/c13-12-2-1-11(14)5-10(12)8-17-7-9(3-4-15)6-16-17/h1-2,5-7H,3-4,8,15H2. The van der Waals surface area contributed by atoms with Crippen LogP contribution < -0.4 is 5.73 Å². The van der Waals surface area contributed by atoms with Crippen molar-refractivity contribution in [2.45, 2.75) is 13.0 Å². The summed E-state index contributed by atoms with van der Waals surface area (Å²) in [5.74, 6) is -0.293. The number of hydrogen-bond acceptors (Lipinski definition) is 2. The Balaban J connectivity index is 2.16. The number of rotatable bonds is 4. The van der Waals surface area contributed by atoms with Gasteiger partial charge in [0.25, 0.3) is 0 Å². The van der Waals surface area contributed by atoms with Gasteiger partial charge in [-0.3, -0.25) is 4.68 Å². The molecule has 5 heteroatoms. The first-order chi connectivity index (χ1) is 8.19. The van der Waals surface area contributed by atoms with Crippen LogP contribution in [0.5, 0.6) is 0 Å². The van der Waals surface area contributed by atoms with Gasteiger partial charge in [-0.05, 0) is 42.3 Å². The smallest absolute Gasteiger partial charge is 0.123 e. The fourth-order valence-corrected chi connectivity index (χ4v) is 1.80. The first-order valence-corrected chi connectivity index (χ1v) is 5.72. The summed E-state index contributed by atoms with van der Waals surface area (Å²) in [5, 5.41) is 4.72. The number of benzene rings is 1. The third-order valence-electron chi connectivity index (χ3n) is 2.46. The molecule has 0 fully saturated rings. The zero-order chi connectivity index (χ0) is 12.3. The minimum absolute atomic E-state index is 0.293. The topological polar surface area (TPSA) is 43.8 Å². The number of halogens is 2. The van der Waals surface area contributed by atoms with Crippen molar-refractivity contribution < 1.29 is 4.39 Å². The van der Waals surface area contributed by atoms with E-state index in [-0.39, 0.29) is 5.82 Å². The summed E-state index contributed by atoms with van der Waals surface area (Å²) in [4.78, 5) is 0. The molecule has 0 aliphatic rings. The summed E-state index contributed by atoms with van der Waals surface area (Å²) < 4.78 is 14.8. The van der Waals surface area contributed by atoms with Crippen LogP contribution in [0.1, 0.15) is 11.1 Å². The second kappa shape index (κ2) is 5.29. The van der Waals surface area contributed by atoms with E-state index in [1.54, 1.807) is 16.9 Å². The Kier molecular flexibility index (Phi) is 3.76. The van der Waals surface area contributed by atoms with Gasteiger partial charge >= 0.3 is 0 Å². The third kappa shape index (κ3) is 3.05. The van der Waals surface area contributed by atoms with Crippen LogP contribution in [0.4, 0.5) is 4.39 Å². The molecule has 1 aromatic carbocycles. The van der Waals surface area contributed by atoms with Crippen molar-refractivity contribution in [3.8, 4) is 0 Å². The number of hydrogen-bond donors (Lipinski definition) is 1. The van der Waals surface area contributed by atoms with Crippen LogP contribution in [-0.4, -0.2) is 16.3 Å². The molecule has 90 valence electrons. The SMILES string of the molecule is NCCc1cnn(Cc2cc(F)ccc2Cl)c1. The molecule has 0 radical (unpaired) electrons. The average Bonchev–Trinajstić information content (AvgIpc) is 2.72. The second-order valence-electron chi connectivity index (χ2n) is 3.82. The monoisotopic (exact) mass is 253 g/mol. The average molecular weight is 254 g/mol. The first kappa shape index (κ1) is 12.1. The maximum atomic E-state index is 13.1. The van der Waals surface area contributed by atoms with Gasteiger partial charge in [-0.1, -0.05) is 11.6 Å². The first-order valence-electron chi connectivity index (χ1n) is 5.34. The molecule has 1 aromatic heterocycles. The van der Waals surface area contributed by atoms with Crippen molar-refractivity contribution in [3.63, 3.8) is 0 Å². The van der Waals surface area contributed by atoms with Gasteiger partial charge in [-0.25, -0.2) is 4.39 Å². The Labute approximate surface area is 104 Å². The lowest BCUT2D eigenvalue weighted by atomic mass is 10.2. The highest BCUT2D eigenvalue weighted by Crippen LogP contribution is 2.18. The highest BCUT2D eigenvalue weighted by Gasteiger charge is 2.04. The van der Waals surface area contributed by atoms with Crippen LogP contribution in [0.3, 0.4) is 0 Å². The van der Waals surface area contributed by atoms with Gasteiger partial charge in [0.15, 0.2) is 0 Å². The molecule has 0 aliphatic carbocycles. The molecular weight excluding hydrogens is 241 g/mol. The predicted molar refractivity (Wildman–Crippen MR) is 65.5 cm³/mol. The molecule has 3 nitrogen and oxygen atoms in total. The summed E-state index contributed by atoms with van der Waals surface area (Å²) in [7, 11) is 0. The predicted octanol–water partition coefficient (Wildman–Crippen LogP) is 2.23. The van der Waals surface area contributed by atoms with Crippen molar-refractivity contribution in [1.82, 2.24) is 9.78 Å². The molecule has 0 spiro atoms. The summed E-state index contributed by atoms with van der Waals surface area (Å²) >= 11 is 5.99. The van der Waals surface area contributed by atoms with Gasteiger partial charge in [-0.2, -0.15) is 5.10 Å². The fraction of sp³-hybridized carbons (Fsp3) is 0.250. The van der Waals surface area contributed by atoms with Crippen molar-refractivity contribution in [3.05, 3.63) is 52.6 Å². The van der Waals surface area contributed by atoms with Crippen LogP contribution in [0.25, 0.3) is 0 Å². The van der Waals surface area contributed by atoms with E-state index in [1.807, 2.05) is 6.20 Å². The zero-order valence-electron chi connectivity index (χ0n) is 9.24. The Morgan fingerprint density at radius 2 is 2.24 bits per heavy atom. The van der Waals surface area contributed by atoms with Gasteiger partial charge in [0, 0.05) is 11.2 Å². The number of aromatic nitrogens is 2. The van der Waals surface area contributed by atoms with E-state index in [0.29, 0.717) is 23.7 Å². The zero-order valence-corrected chi connectivity index (χ0v) is 9.99. The maximum absolute atomic E-state index is 13.1. The molecular formula is C12H13ClFN3. The van der Waals surface area contributed by atoms with Gasteiger partial charge in [-0.15, -0.1) is 0 Å². The normalized spacial score (nSPS) is 10.8. The maximum Gasteiger partial charge on any atom is 0.123 e. The largest absolute Gasteiger partial charge is 0.330 e. The lowest BCUT2D eigenvalue weighted by Gasteiger charge is -2.04. The molecule has 0 aliphatic heterocycles. The van der Waals surface area contributed by atoms with E-state index < -0.39 is 0 Å². The third-order valence-corrected chi connectivity index (χ3v) is 2.83. The Morgan fingerprint density at radius 1 is 1.41 bits per heavy atom. The van der Waals surface area contributed by atoms with Crippen molar-refractivity contribution in [2.75, 3.05) is 6.54 Å². The molecule has 0 saturated carbocycles. The molecule has 2 rings (SSSR count). The van der Waals surface area contributed by atoms with Crippen molar-refractivity contribution in [2.24, 2.45) is 5.73 Å². The van der Waals surface area contributed by atoms with Crippen LogP contribution in [-0.2, 0) is 13.0 Å². The molecule has 0 unspecified atom stereocenters. The summed E-state index contributed by atoms with van der Waals surface area (Å²) in [6.45, 7) is 1.05. The molecule has 0 atom stereocenters. The van der Waals surface area contributed by atoms with E-state index >= 15 is 0 Å². The molecule has 0 amide bonds. The highest BCUT2D eigenvalue weighted by molar-refractivity contribution is 6.31. The van der Waals surface area contributed by atoms with Crippen LogP contribution in [0, 0.1) is 5.82 Å². The molecule has 17 heavy (non-hydrogen) atoms. The number of nitrogens with zero attached hydrogens (tertiary/aromatic N) is 2. The van der Waals surface area contributed by atoms with E-state index in [4.69, 9.17) is 17.3 Å².